The number of imidazole rings is 1. The molecular weight excluding hydrogens is 202 g/mol. The van der Waals surface area contributed by atoms with Gasteiger partial charge in [-0.3, -0.25) is 4.79 Å². The van der Waals surface area contributed by atoms with Gasteiger partial charge in [0.05, 0.1) is 23.9 Å². The van der Waals surface area contributed by atoms with Crippen LogP contribution in [0.15, 0.2) is 24.5 Å². The first kappa shape index (κ1) is 10.8. The smallest absolute Gasteiger partial charge is 0.176 e. The van der Waals surface area contributed by atoms with Gasteiger partial charge in [-0.2, -0.15) is 0 Å². The molecule has 0 radical (unpaired) electrons. The molecule has 0 aliphatic heterocycles. The van der Waals surface area contributed by atoms with Crippen LogP contribution in [-0.4, -0.2) is 28.4 Å². The molecule has 0 amide bonds. The Morgan fingerprint density at radius 1 is 1.50 bits per heavy atom. The van der Waals surface area contributed by atoms with Gasteiger partial charge in [0.15, 0.2) is 5.78 Å². The summed E-state index contributed by atoms with van der Waals surface area (Å²) in [6.07, 6.45) is 1.75. The predicted octanol–water partition coefficient (Wildman–Crippen LogP) is 1.37. The fraction of sp³-hybridized carbons (Fsp3) is 0.333. The molecule has 4 heteroatoms. The van der Waals surface area contributed by atoms with Crippen molar-refractivity contribution in [1.29, 1.82) is 0 Å². The SMILES string of the molecule is CCNCC(=O)c1ccc2c(c1)ncn2C. The largest absolute Gasteiger partial charge is 0.334 e. The monoisotopic (exact) mass is 217 g/mol. The fourth-order valence-electron chi connectivity index (χ4n) is 1.65. The lowest BCUT2D eigenvalue weighted by Crippen LogP contribution is -2.22. The Labute approximate surface area is 94.3 Å². The number of benzene rings is 1. The third kappa shape index (κ3) is 1.97. The standard InChI is InChI=1S/C12H15N3O/c1-3-13-7-12(16)9-4-5-11-10(6-9)14-8-15(11)2/h4-6,8,13H,3,7H2,1-2H3. The van der Waals surface area contributed by atoms with Gasteiger partial charge in [-0.05, 0) is 24.7 Å². The van der Waals surface area contributed by atoms with Crippen LogP contribution in [0.4, 0.5) is 0 Å². The van der Waals surface area contributed by atoms with Gasteiger partial charge in [-0.25, -0.2) is 4.98 Å². The lowest BCUT2D eigenvalue weighted by Gasteiger charge is -2.02. The minimum absolute atomic E-state index is 0.106. The number of hydrogen-bond acceptors (Lipinski definition) is 3. The zero-order valence-corrected chi connectivity index (χ0v) is 9.53. The number of aromatic nitrogens is 2. The number of aryl methyl sites for hydroxylation is 1. The zero-order valence-electron chi connectivity index (χ0n) is 9.53. The number of carbonyl (C=O) groups is 1. The first-order chi connectivity index (χ1) is 7.72. The van der Waals surface area contributed by atoms with Crippen molar-refractivity contribution < 1.29 is 4.79 Å². The maximum absolute atomic E-state index is 11.8. The average Bonchev–Trinajstić information content (AvgIpc) is 2.67. The van der Waals surface area contributed by atoms with Crippen molar-refractivity contribution in [2.75, 3.05) is 13.1 Å². The third-order valence-corrected chi connectivity index (χ3v) is 2.58. The zero-order chi connectivity index (χ0) is 11.5. The third-order valence-electron chi connectivity index (χ3n) is 2.58. The predicted molar refractivity (Wildman–Crippen MR) is 63.6 cm³/mol. The maximum atomic E-state index is 11.8. The van der Waals surface area contributed by atoms with Crippen LogP contribution in [0, 0.1) is 0 Å². The fourth-order valence-corrected chi connectivity index (χ4v) is 1.65. The Balaban J connectivity index is 2.29. The molecule has 16 heavy (non-hydrogen) atoms. The maximum Gasteiger partial charge on any atom is 0.176 e. The van der Waals surface area contributed by atoms with E-state index in [1.165, 1.54) is 0 Å². The number of carbonyl (C=O) groups excluding carboxylic acids is 1. The first-order valence-corrected chi connectivity index (χ1v) is 5.37. The minimum Gasteiger partial charge on any atom is -0.334 e. The van der Waals surface area contributed by atoms with Crippen molar-refractivity contribution in [1.82, 2.24) is 14.9 Å². The molecule has 1 aromatic carbocycles. The molecule has 1 N–H and O–H groups in total. The molecular formula is C12H15N3O. The average molecular weight is 217 g/mol. The van der Waals surface area contributed by atoms with E-state index in [4.69, 9.17) is 0 Å². The molecule has 1 aromatic heterocycles. The number of hydrogen-bond donors (Lipinski definition) is 1. The molecule has 0 spiro atoms. The number of fused-ring (bicyclic) bond motifs is 1. The first-order valence-electron chi connectivity index (χ1n) is 5.37. The van der Waals surface area contributed by atoms with E-state index in [2.05, 4.69) is 10.3 Å². The van der Waals surface area contributed by atoms with Gasteiger partial charge in [-0.15, -0.1) is 0 Å². The van der Waals surface area contributed by atoms with E-state index in [0.29, 0.717) is 12.1 Å². The highest BCUT2D eigenvalue weighted by atomic mass is 16.1. The Morgan fingerprint density at radius 3 is 3.06 bits per heavy atom. The summed E-state index contributed by atoms with van der Waals surface area (Å²) in [5, 5.41) is 3.02. The van der Waals surface area contributed by atoms with Crippen LogP contribution >= 0.6 is 0 Å². The van der Waals surface area contributed by atoms with E-state index in [-0.39, 0.29) is 5.78 Å². The van der Waals surface area contributed by atoms with Gasteiger partial charge < -0.3 is 9.88 Å². The van der Waals surface area contributed by atoms with Crippen molar-refractivity contribution in [3.63, 3.8) is 0 Å². The molecule has 0 saturated heterocycles. The minimum atomic E-state index is 0.106. The normalized spacial score (nSPS) is 10.9. The molecule has 0 fully saturated rings. The molecule has 0 atom stereocenters. The molecule has 4 nitrogen and oxygen atoms in total. The number of nitrogens with one attached hydrogen (secondary N) is 1. The van der Waals surface area contributed by atoms with Gasteiger partial charge >= 0.3 is 0 Å². The number of rotatable bonds is 4. The second kappa shape index (κ2) is 4.45. The Bertz CT molecular complexity index is 516. The van der Waals surface area contributed by atoms with E-state index in [9.17, 15) is 4.79 Å². The second-order valence-electron chi connectivity index (χ2n) is 3.76. The van der Waals surface area contributed by atoms with Crippen LogP contribution in [0.25, 0.3) is 11.0 Å². The van der Waals surface area contributed by atoms with Crippen molar-refractivity contribution in [2.45, 2.75) is 6.92 Å². The summed E-state index contributed by atoms with van der Waals surface area (Å²) in [4.78, 5) is 16.0. The Kier molecular flexibility index (Phi) is 3.01. The quantitative estimate of drug-likeness (QED) is 0.787. The molecule has 0 aliphatic rings. The van der Waals surface area contributed by atoms with Crippen LogP contribution in [0.1, 0.15) is 17.3 Å². The Hall–Kier alpha value is -1.68. The van der Waals surface area contributed by atoms with Gasteiger partial charge in [0, 0.05) is 12.6 Å². The van der Waals surface area contributed by atoms with Gasteiger partial charge in [0.2, 0.25) is 0 Å². The summed E-state index contributed by atoms with van der Waals surface area (Å²) < 4.78 is 1.94. The Morgan fingerprint density at radius 2 is 2.31 bits per heavy atom. The molecule has 0 aliphatic carbocycles. The summed E-state index contributed by atoms with van der Waals surface area (Å²) in [6, 6.07) is 5.63. The lowest BCUT2D eigenvalue weighted by atomic mass is 10.1. The number of likely N-dealkylation sites (N-methyl/N-ethyl adjacent to an activating group) is 1. The summed E-state index contributed by atoms with van der Waals surface area (Å²) >= 11 is 0. The highest BCUT2D eigenvalue weighted by molar-refractivity contribution is 6.00. The molecule has 2 rings (SSSR count). The van der Waals surface area contributed by atoms with E-state index in [1.807, 2.05) is 36.7 Å². The summed E-state index contributed by atoms with van der Waals surface area (Å²) in [7, 11) is 1.94. The van der Waals surface area contributed by atoms with Gasteiger partial charge in [-0.1, -0.05) is 6.92 Å². The topological polar surface area (TPSA) is 46.9 Å². The summed E-state index contributed by atoms with van der Waals surface area (Å²) in [5.41, 5.74) is 2.62. The second-order valence-corrected chi connectivity index (χ2v) is 3.76. The van der Waals surface area contributed by atoms with Crippen LogP contribution in [0.5, 0.6) is 0 Å². The molecule has 0 saturated carbocycles. The molecule has 84 valence electrons. The van der Waals surface area contributed by atoms with Crippen LogP contribution < -0.4 is 5.32 Å². The highest BCUT2D eigenvalue weighted by Crippen LogP contribution is 2.13. The van der Waals surface area contributed by atoms with Gasteiger partial charge in [0.1, 0.15) is 0 Å². The highest BCUT2D eigenvalue weighted by Gasteiger charge is 2.07. The van der Waals surface area contributed by atoms with E-state index < -0.39 is 0 Å². The lowest BCUT2D eigenvalue weighted by molar-refractivity contribution is 0.0992. The molecule has 0 unspecified atom stereocenters. The van der Waals surface area contributed by atoms with Crippen LogP contribution in [0.3, 0.4) is 0 Å². The number of ketones is 1. The van der Waals surface area contributed by atoms with Crippen LogP contribution in [0.2, 0.25) is 0 Å². The molecule has 2 aromatic rings. The van der Waals surface area contributed by atoms with E-state index in [0.717, 1.165) is 17.6 Å². The molecule has 1 heterocycles. The number of nitrogens with zero attached hydrogens (tertiary/aromatic N) is 2. The molecule has 0 bridgehead atoms. The van der Waals surface area contributed by atoms with E-state index in [1.54, 1.807) is 6.33 Å². The van der Waals surface area contributed by atoms with Crippen molar-refractivity contribution in [2.24, 2.45) is 7.05 Å². The van der Waals surface area contributed by atoms with Crippen molar-refractivity contribution in [3.8, 4) is 0 Å². The van der Waals surface area contributed by atoms with Crippen LogP contribution in [-0.2, 0) is 7.05 Å². The van der Waals surface area contributed by atoms with E-state index >= 15 is 0 Å². The summed E-state index contributed by atoms with van der Waals surface area (Å²) in [6.45, 7) is 3.17. The summed E-state index contributed by atoms with van der Waals surface area (Å²) in [5.74, 6) is 0.106. The van der Waals surface area contributed by atoms with Crippen molar-refractivity contribution >= 4 is 16.8 Å². The van der Waals surface area contributed by atoms with Gasteiger partial charge in [0.25, 0.3) is 0 Å². The van der Waals surface area contributed by atoms with Crippen molar-refractivity contribution in [3.05, 3.63) is 30.1 Å². The number of Topliss-reactive ketones (excluding diaryl/α,β-unsaturated/α-hetero) is 1.